The molecule has 0 saturated heterocycles. The molecule has 0 bridgehead atoms. The Kier molecular flexibility index (Phi) is 3.47. The van der Waals surface area contributed by atoms with Crippen molar-refractivity contribution in [3.63, 3.8) is 0 Å². The lowest BCUT2D eigenvalue weighted by atomic mass is 10.2. The van der Waals surface area contributed by atoms with Gasteiger partial charge in [-0.25, -0.2) is 9.59 Å². The second-order valence-corrected chi connectivity index (χ2v) is 5.21. The molecule has 1 aromatic heterocycles. The smallest absolute Gasteiger partial charge is 0.415 e. The third kappa shape index (κ3) is 2.95. The normalized spacial score (nSPS) is 14.2. The minimum absolute atomic E-state index is 0.118. The van der Waals surface area contributed by atoms with Gasteiger partial charge in [-0.15, -0.1) is 10.2 Å². The molecule has 0 atom stereocenters. The third-order valence-corrected chi connectivity index (χ3v) is 2.42. The fourth-order valence-electron chi connectivity index (χ4n) is 1.63. The maximum atomic E-state index is 12.1. The summed E-state index contributed by atoms with van der Waals surface area (Å²) in [6.45, 7) is 5.75. The average Bonchev–Trinajstić information content (AvgIpc) is 2.35. The molecule has 20 heavy (non-hydrogen) atoms. The number of carbonyl (C=O) groups is 2. The lowest BCUT2D eigenvalue weighted by molar-refractivity contribution is 0.0564. The summed E-state index contributed by atoms with van der Waals surface area (Å²) in [5.41, 5.74) is -0.660. The first kappa shape index (κ1) is 14.0. The zero-order valence-corrected chi connectivity index (χ0v) is 11.4. The van der Waals surface area contributed by atoms with E-state index in [1.807, 2.05) is 0 Å². The number of hydrogen-bond donors (Lipinski definition) is 1. The van der Waals surface area contributed by atoms with Crippen LogP contribution < -0.4 is 9.64 Å². The summed E-state index contributed by atoms with van der Waals surface area (Å²) < 4.78 is 10.5. The number of carboxylic acid groups (broad SMARTS) is 1. The Balaban J connectivity index is 2.33. The van der Waals surface area contributed by atoms with E-state index in [4.69, 9.17) is 14.6 Å². The van der Waals surface area contributed by atoms with Gasteiger partial charge in [-0.05, 0) is 20.8 Å². The number of carbonyl (C=O) groups excluding carboxylic acids is 1. The van der Waals surface area contributed by atoms with E-state index in [-0.39, 0.29) is 30.4 Å². The summed E-state index contributed by atoms with van der Waals surface area (Å²) in [5, 5.41) is 16.1. The van der Waals surface area contributed by atoms with E-state index in [1.54, 1.807) is 20.8 Å². The molecule has 1 amide bonds. The van der Waals surface area contributed by atoms with E-state index in [0.717, 1.165) is 0 Å². The van der Waals surface area contributed by atoms with Crippen LogP contribution in [0.2, 0.25) is 0 Å². The van der Waals surface area contributed by atoms with Gasteiger partial charge in [0.25, 0.3) is 5.88 Å². The van der Waals surface area contributed by atoms with E-state index in [9.17, 15) is 9.59 Å². The van der Waals surface area contributed by atoms with Crippen LogP contribution in [-0.4, -0.2) is 46.1 Å². The van der Waals surface area contributed by atoms with Gasteiger partial charge in [0.15, 0.2) is 5.69 Å². The van der Waals surface area contributed by atoms with Gasteiger partial charge in [0.1, 0.15) is 17.9 Å². The number of rotatable bonds is 1. The van der Waals surface area contributed by atoms with Gasteiger partial charge in [0, 0.05) is 6.07 Å². The van der Waals surface area contributed by atoms with Crippen LogP contribution >= 0.6 is 0 Å². The molecule has 108 valence electrons. The molecule has 2 rings (SSSR count). The van der Waals surface area contributed by atoms with Crippen LogP contribution in [0.15, 0.2) is 6.07 Å². The fourth-order valence-corrected chi connectivity index (χ4v) is 1.63. The lowest BCUT2D eigenvalue weighted by Crippen LogP contribution is -2.42. The van der Waals surface area contributed by atoms with Crippen LogP contribution in [0.25, 0.3) is 0 Å². The van der Waals surface area contributed by atoms with Crippen LogP contribution in [0.4, 0.5) is 10.5 Å². The fraction of sp³-hybridized carbons (Fsp3) is 0.500. The van der Waals surface area contributed by atoms with Gasteiger partial charge >= 0.3 is 12.1 Å². The zero-order valence-electron chi connectivity index (χ0n) is 11.4. The van der Waals surface area contributed by atoms with Crippen LogP contribution in [0, 0.1) is 0 Å². The number of nitrogens with zero attached hydrogens (tertiary/aromatic N) is 3. The molecule has 1 aromatic rings. The Bertz CT molecular complexity index is 553. The quantitative estimate of drug-likeness (QED) is 0.827. The van der Waals surface area contributed by atoms with Gasteiger partial charge in [-0.3, -0.25) is 4.90 Å². The highest BCUT2D eigenvalue weighted by atomic mass is 16.6. The summed E-state index contributed by atoms with van der Waals surface area (Å²) in [6.07, 6.45) is -0.577. The Morgan fingerprint density at radius 2 is 2.10 bits per heavy atom. The summed E-state index contributed by atoms with van der Waals surface area (Å²) in [5.74, 6) is -1.11. The SMILES string of the molecule is CC(C)(C)OC(=O)N1CCOc2nnc(C(=O)O)cc21. The van der Waals surface area contributed by atoms with Crippen molar-refractivity contribution >= 4 is 17.7 Å². The van der Waals surface area contributed by atoms with Gasteiger partial charge in [-0.2, -0.15) is 0 Å². The minimum atomic E-state index is -1.23. The molecule has 1 N–H and O–H groups in total. The van der Waals surface area contributed by atoms with E-state index in [2.05, 4.69) is 10.2 Å². The second kappa shape index (κ2) is 4.95. The van der Waals surface area contributed by atoms with Gasteiger partial charge in [-0.1, -0.05) is 0 Å². The molecular weight excluding hydrogens is 266 g/mol. The van der Waals surface area contributed by atoms with E-state index in [0.29, 0.717) is 0 Å². The number of amides is 1. The molecule has 0 aliphatic carbocycles. The summed E-state index contributed by atoms with van der Waals surface area (Å²) >= 11 is 0. The number of fused-ring (bicyclic) bond motifs is 1. The number of ether oxygens (including phenoxy) is 2. The minimum Gasteiger partial charge on any atom is -0.476 e. The molecule has 0 spiro atoms. The van der Waals surface area contributed by atoms with Crippen molar-refractivity contribution in [1.82, 2.24) is 10.2 Å². The van der Waals surface area contributed by atoms with Crippen molar-refractivity contribution in [2.75, 3.05) is 18.1 Å². The number of aromatic nitrogens is 2. The maximum Gasteiger partial charge on any atom is 0.415 e. The van der Waals surface area contributed by atoms with Crippen molar-refractivity contribution in [3.05, 3.63) is 11.8 Å². The van der Waals surface area contributed by atoms with Crippen LogP contribution in [0.5, 0.6) is 5.88 Å². The molecule has 1 aliphatic rings. The highest BCUT2D eigenvalue weighted by Crippen LogP contribution is 2.30. The molecular formula is C12H15N3O5. The van der Waals surface area contributed by atoms with E-state index < -0.39 is 17.7 Å². The summed E-state index contributed by atoms with van der Waals surface area (Å²) in [6, 6.07) is 1.24. The highest BCUT2D eigenvalue weighted by Gasteiger charge is 2.30. The molecule has 0 unspecified atom stereocenters. The maximum absolute atomic E-state index is 12.1. The second-order valence-electron chi connectivity index (χ2n) is 5.21. The van der Waals surface area contributed by atoms with Crippen LogP contribution in [-0.2, 0) is 4.74 Å². The van der Waals surface area contributed by atoms with Crippen molar-refractivity contribution in [3.8, 4) is 5.88 Å². The molecule has 1 aliphatic heterocycles. The van der Waals surface area contributed by atoms with Gasteiger partial charge < -0.3 is 14.6 Å². The van der Waals surface area contributed by atoms with Crippen molar-refractivity contribution < 1.29 is 24.2 Å². The number of carboxylic acids is 1. The zero-order chi connectivity index (χ0) is 14.9. The van der Waals surface area contributed by atoms with E-state index >= 15 is 0 Å². The topological polar surface area (TPSA) is 102 Å². The predicted molar refractivity (Wildman–Crippen MR) is 68.1 cm³/mol. The molecule has 0 aromatic carbocycles. The van der Waals surface area contributed by atoms with Crippen molar-refractivity contribution in [2.24, 2.45) is 0 Å². The lowest BCUT2D eigenvalue weighted by Gasteiger charge is -2.30. The number of hydrogen-bond acceptors (Lipinski definition) is 6. The molecule has 0 fully saturated rings. The molecule has 8 heteroatoms. The Morgan fingerprint density at radius 1 is 1.40 bits per heavy atom. The molecule has 0 saturated carbocycles. The first-order valence-electron chi connectivity index (χ1n) is 6.02. The van der Waals surface area contributed by atoms with Gasteiger partial charge in [0.2, 0.25) is 0 Å². The van der Waals surface area contributed by atoms with Crippen molar-refractivity contribution in [1.29, 1.82) is 0 Å². The molecule has 2 heterocycles. The first-order chi connectivity index (χ1) is 9.28. The summed E-state index contributed by atoms with van der Waals surface area (Å²) in [4.78, 5) is 24.3. The molecule has 8 nitrogen and oxygen atoms in total. The molecule has 0 radical (unpaired) electrons. The van der Waals surface area contributed by atoms with Gasteiger partial charge in [0.05, 0.1) is 6.54 Å². The third-order valence-electron chi connectivity index (χ3n) is 2.42. The standard InChI is InChI=1S/C12H15N3O5/c1-12(2,3)20-11(18)15-4-5-19-9-8(15)6-7(10(16)17)13-14-9/h6H,4-5H2,1-3H3,(H,16,17). The highest BCUT2D eigenvalue weighted by molar-refractivity contribution is 5.93. The summed E-state index contributed by atoms with van der Waals surface area (Å²) in [7, 11) is 0. The largest absolute Gasteiger partial charge is 0.476 e. The number of anilines is 1. The predicted octanol–water partition coefficient (Wildman–Crippen LogP) is 1.31. The van der Waals surface area contributed by atoms with Crippen LogP contribution in [0.3, 0.4) is 0 Å². The van der Waals surface area contributed by atoms with E-state index in [1.165, 1.54) is 11.0 Å². The van der Waals surface area contributed by atoms with Crippen molar-refractivity contribution in [2.45, 2.75) is 26.4 Å². The number of aromatic carboxylic acids is 1. The monoisotopic (exact) mass is 281 g/mol. The van der Waals surface area contributed by atoms with Crippen LogP contribution in [0.1, 0.15) is 31.3 Å². The average molecular weight is 281 g/mol. The Labute approximate surface area is 115 Å². The Hall–Kier alpha value is -2.38. The Morgan fingerprint density at radius 3 is 2.70 bits per heavy atom. The first-order valence-corrected chi connectivity index (χ1v) is 6.02.